The molecule has 1 saturated heterocycles. The van der Waals surface area contributed by atoms with Crippen molar-refractivity contribution < 1.29 is 9.53 Å². The quantitative estimate of drug-likeness (QED) is 0.609. The Bertz CT molecular complexity index is 235. The Hall–Kier alpha value is -1.13. The number of amides is 1. The van der Waals surface area contributed by atoms with Crippen molar-refractivity contribution in [3.63, 3.8) is 0 Å². The zero-order valence-corrected chi connectivity index (χ0v) is 8.82. The van der Waals surface area contributed by atoms with Gasteiger partial charge < -0.3 is 4.74 Å². The predicted molar refractivity (Wildman–Crippen MR) is 51.8 cm³/mol. The summed E-state index contributed by atoms with van der Waals surface area (Å²) in [5.41, 5.74) is -0.521. The molecule has 0 saturated carbocycles. The lowest BCUT2D eigenvalue weighted by molar-refractivity contribution is 0.0231. The molecule has 0 aromatic carbocycles. The summed E-state index contributed by atoms with van der Waals surface area (Å²) in [4.78, 5) is 23.3. The Balaban J connectivity index is 2.56. The van der Waals surface area contributed by atoms with Crippen LogP contribution in [0.2, 0.25) is 0 Å². The van der Waals surface area contributed by atoms with E-state index in [2.05, 4.69) is 5.18 Å². The molecule has 0 spiro atoms. The van der Waals surface area contributed by atoms with Gasteiger partial charge in [-0.3, -0.25) is 4.90 Å². The van der Waals surface area contributed by atoms with Crippen LogP contribution in [0, 0.1) is 4.91 Å². The number of rotatable bonds is 1. The van der Waals surface area contributed by atoms with Gasteiger partial charge in [0, 0.05) is 6.54 Å². The summed E-state index contributed by atoms with van der Waals surface area (Å²) in [5, 5.41) is 2.90. The first-order chi connectivity index (χ1) is 6.44. The number of nitrogens with zero attached hydrogens (tertiary/aromatic N) is 2. The van der Waals surface area contributed by atoms with Crippen molar-refractivity contribution in [2.45, 2.75) is 45.4 Å². The highest BCUT2D eigenvalue weighted by molar-refractivity contribution is 5.68. The van der Waals surface area contributed by atoms with Gasteiger partial charge in [-0.25, -0.2) is 4.79 Å². The molecule has 1 aliphatic rings. The van der Waals surface area contributed by atoms with E-state index in [0.29, 0.717) is 13.0 Å². The lowest BCUT2D eigenvalue weighted by atomic mass is 10.2. The zero-order valence-electron chi connectivity index (χ0n) is 8.82. The summed E-state index contributed by atoms with van der Waals surface area (Å²) in [6, 6.07) is 0. The number of likely N-dealkylation sites (tertiary alicyclic amines) is 1. The summed E-state index contributed by atoms with van der Waals surface area (Å²) in [6.07, 6.45) is 0.475. The van der Waals surface area contributed by atoms with E-state index in [1.54, 1.807) is 20.8 Å². The van der Waals surface area contributed by atoms with E-state index in [-0.39, 0.29) is 0 Å². The molecular formula is C9H16N2O3. The first-order valence-electron chi connectivity index (χ1n) is 4.76. The molecule has 1 amide bonds. The third kappa shape index (κ3) is 2.68. The van der Waals surface area contributed by atoms with Crippen molar-refractivity contribution in [1.29, 1.82) is 0 Å². The van der Waals surface area contributed by atoms with Gasteiger partial charge in [0.25, 0.3) is 0 Å². The minimum Gasteiger partial charge on any atom is -0.444 e. The van der Waals surface area contributed by atoms with Crippen LogP contribution in [0.1, 0.15) is 33.6 Å². The van der Waals surface area contributed by atoms with Crippen molar-refractivity contribution in [2.75, 3.05) is 6.54 Å². The summed E-state index contributed by atoms with van der Waals surface area (Å²) in [7, 11) is 0. The van der Waals surface area contributed by atoms with E-state index in [4.69, 9.17) is 4.74 Å². The van der Waals surface area contributed by atoms with E-state index in [9.17, 15) is 9.70 Å². The topological polar surface area (TPSA) is 59.0 Å². The average molecular weight is 200 g/mol. The van der Waals surface area contributed by atoms with Crippen LogP contribution in [0.3, 0.4) is 0 Å². The van der Waals surface area contributed by atoms with Gasteiger partial charge in [-0.05, 0) is 38.8 Å². The fourth-order valence-corrected chi connectivity index (χ4v) is 1.39. The van der Waals surface area contributed by atoms with Gasteiger partial charge in [-0.1, -0.05) is 0 Å². The van der Waals surface area contributed by atoms with Crippen molar-refractivity contribution >= 4 is 6.09 Å². The molecule has 14 heavy (non-hydrogen) atoms. The summed E-state index contributed by atoms with van der Waals surface area (Å²) in [5.74, 6) is 0. The van der Waals surface area contributed by atoms with E-state index in [1.165, 1.54) is 4.90 Å². The largest absolute Gasteiger partial charge is 0.444 e. The Labute approximate surface area is 83.4 Å². The van der Waals surface area contributed by atoms with Gasteiger partial charge in [-0.15, -0.1) is 4.91 Å². The molecule has 0 N–H and O–H groups in total. The molecule has 1 heterocycles. The molecule has 5 heteroatoms. The molecular weight excluding hydrogens is 184 g/mol. The standard InChI is InChI=1S/C9H16N2O3/c1-9(2,3)14-8(12)11-6-4-5-7(11)10-13/h7H,4-6H2,1-3H3/t7-/m0/s1. The molecule has 1 atom stereocenters. The van der Waals surface area contributed by atoms with Crippen molar-refractivity contribution in [3.8, 4) is 0 Å². The zero-order chi connectivity index (χ0) is 10.8. The molecule has 80 valence electrons. The molecule has 1 fully saturated rings. The smallest absolute Gasteiger partial charge is 0.412 e. The molecule has 0 aromatic heterocycles. The lowest BCUT2D eigenvalue weighted by Gasteiger charge is -2.25. The Morgan fingerprint density at radius 2 is 2.14 bits per heavy atom. The maximum absolute atomic E-state index is 11.5. The van der Waals surface area contributed by atoms with Gasteiger partial charge in [0.15, 0.2) is 6.17 Å². The minimum absolute atomic E-state index is 0.445. The van der Waals surface area contributed by atoms with Crippen molar-refractivity contribution in [2.24, 2.45) is 5.18 Å². The first kappa shape index (κ1) is 10.9. The van der Waals surface area contributed by atoms with E-state index in [0.717, 1.165) is 6.42 Å². The van der Waals surface area contributed by atoms with Crippen LogP contribution in [-0.4, -0.2) is 29.3 Å². The van der Waals surface area contributed by atoms with Crippen molar-refractivity contribution in [1.82, 2.24) is 4.90 Å². The molecule has 0 unspecified atom stereocenters. The second kappa shape index (κ2) is 3.94. The number of hydrogen-bond acceptors (Lipinski definition) is 4. The number of ether oxygens (including phenoxy) is 1. The molecule has 1 rings (SSSR count). The second-order valence-electron chi connectivity index (χ2n) is 4.40. The Kier molecular flexibility index (Phi) is 3.08. The fraction of sp³-hybridized carbons (Fsp3) is 0.889. The lowest BCUT2D eigenvalue weighted by Crippen LogP contribution is -2.38. The van der Waals surface area contributed by atoms with Gasteiger partial charge in [-0.2, -0.15) is 0 Å². The maximum Gasteiger partial charge on any atom is 0.412 e. The summed E-state index contributed by atoms with van der Waals surface area (Å²) >= 11 is 0. The molecule has 0 bridgehead atoms. The van der Waals surface area contributed by atoms with Crippen LogP contribution in [0.15, 0.2) is 5.18 Å². The maximum atomic E-state index is 11.5. The molecule has 0 radical (unpaired) electrons. The number of nitroso groups, excluding NO2 is 1. The van der Waals surface area contributed by atoms with Crippen LogP contribution in [0.4, 0.5) is 4.79 Å². The number of carbonyl (C=O) groups excluding carboxylic acids is 1. The molecule has 5 nitrogen and oxygen atoms in total. The Morgan fingerprint density at radius 3 is 2.64 bits per heavy atom. The highest BCUT2D eigenvalue weighted by atomic mass is 16.6. The SMILES string of the molecule is CC(C)(C)OC(=O)N1CCC[C@H]1N=O. The fourth-order valence-electron chi connectivity index (χ4n) is 1.39. The normalized spacial score (nSPS) is 22.2. The van der Waals surface area contributed by atoms with Crippen LogP contribution < -0.4 is 0 Å². The van der Waals surface area contributed by atoms with Gasteiger partial charge in [0.1, 0.15) is 5.60 Å². The average Bonchev–Trinajstić information content (AvgIpc) is 2.47. The highest BCUT2D eigenvalue weighted by Crippen LogP contribution is 2.21. The summed E-state index contributed by atoms with van der Waals surface area (Å²) < 4.78 is 5.14. The molecule has 1 aliphatic heterocycles. The van der Waals surface area contributed by atoms with E-state index in [1.807, 2.05) is 0 Å². The second-order valence-corrected chi connectivity index (χ2v) is 4.40. The highest BCUT2D eigenvalue weighted by Gasteiger charge is 2.32. The van der Waals surface area contributed by atoms with Crippen LogP contribution >= 0.6 is 0 Å². The molecule has 0 aromatic rings. The summed E-state index contributed by atoms with van der Waals surface area (Å²) in [6.45, 7) is 5.95. The van der Waals surface area contributed by atoms with Gasteiger partial charge in [0.05, 0.1) is 0 Å². The van der Waals surface area contributed by atoms with Gasteiger partial charge >= 0.3 is 6.09 Å². The van der Waals surface area contributed by atoms with E-state index >= 15 is 0 Å². The molecule has 0 aliphatic carbocycles. The third-order valence-electron chi connectivity index (χ3n) is 1.97. The first-order valence-corrected chi connectivity index (χ1v) is 4.76. The Morgan fingerprint density at radius 1 is 1.50 bits per heavy atom. The van der Waals surface area contributed by atoms with Crippen molar-refractivity contribution in [3.05, 3.63) is 4.91 Å². The van der Waals surface area contributed by atoms with Gasteiger partial charge in [0.2, 0.25) is 0 Å². The minimum atomic E-state index is -0.537. The number of hydrogen-bond donors (Lipinski definition) is 0. The third-order valence-corrected chi connectivity index (χ3v) is 1.97. The van der Waals surface area contributed by atoms with Crippen LogP contribution in [-0.2, 0) is 4.74 Å². The monoisotopic (exact) mass is 200 g/mol. The van der Waals surface area contributed by atoms with E-state index < -0.39 is 17.9 Å². The van der Waals surface area contributed by atoms with Crippen LogP contribution in [0.5, 0.6) is 0 Å². The predicted octanol–water partition coefficient (Wildman–Crippen LogP) is 2.11. The van der Waals surface area contributed by atoms with Crippen LogP contribution in [0.25, 0.3) is 0 Å². The number of carbonyl (C=O) groups is 1.